The lowest BCUT2D eigenvalue weighted by molar-refractivity contribution is 0.102. The van der Waals surface area contributed by atoms with Crippen LogP contribution in [0.15, 0.2) is 56.9 Å². The molecule has 0 saturated heterocycles. The van der Waals surface area contributed by atoms with E-state index in [0.717, 1.165) is 4.57 Å². The van der Waals surface area contributed by atoms with Crippen molar-refractivity contribution in [2.45, 2.75) is 0 Å². The van der Waals surface area contributed by atoms with Crippen LogP contribution in [0.5, 0.6) is 0 Å². The van der Waals surface area contributed by atoms with Crippen molar-refractivity contribution < 1.29 is 9.21 Å². The van der Waals surface area contributed by atoms with Gasteiger partial charge in [0, 0.05) is 31.5 Å². The van der Waals surface area contributed by atoms with Crippen LogP contribution in [0.4, 0.5) is 5.69 Å². The maximum atomic E-state index is 12.6. The fourth-order valence-corrected chi connectivity index (χ4v) is 2.82. The minimum Gasteiger partial charge on any atom is -0.423 e. The molecule has 4 aromatic rings. The molecule has 1 amide bonds. The fraction of sp³-hybridized carbons (Fsp3) is 0.111. The number of carbonyl (C=O) groups excluding carboxylic acids is 1. The second kappa shape index (κ2) is 6.58. The van der Waals surface area contributed by atoms with E-state index in [-0.39, 0.29) is 16.6 Å². The summed E-state index contributed by atoms with van der Waals surface area (Å²) < 4.78 is 7.38. The van der Waals surface area contributed by atoms with E-state index in [9.17, 15) is 14.4 Å². The van der Waals surface area contributed by atoms with E-state index in [1.54, 1.807) is 24.3 Å². The van der Waals surface area contributed by atoms with Crippen molar-refractivity contribution in [3.05, 3.63) is 69.3 Å². The van der Waals surface area contributed by atoms with E-state index in [0.29, 0.717) is 17.1 Å². The highest BCUT2D eigenvalue weighted by Gasteiger charge is 2.14. The molecule has 0 aliphatic carbocycles. The molecule has 0 atom stereocenters. The summed E-state index contributed by atoms with van der Waals surface area (Å²) in [7, 11) is 2.89. The number of anilines is 1. The zero-order chi connectivity index (χ0) is 19.8. The average Bonchev–Trinajstić information content (AvgIpc) is 3.25. The molecule has 0 fully saturated rings. The van der Waals surface area contributed by atoms with Crippen molar-refractivity contribution >= 4 is 22.6 Å². The molecule has 1 aromatic carbocycles. The minimum atomic E-state index is -0.515. The first-order valence-corrected chi connectivity index (χ1v) is 8.19. The van der Waals surface area contributed by atoms with E-state index in [4.69, 9.17) is 4.42 Å². The monoisotopic (exact) mass is 378 g/mol. The van der Waals surface area contributed by atoms with Gasteiger partial charge in [-0.05, 0) is 24.3 Å². The number of amides is 1. The van der Waals surface area contributed by atoms with Gasteiger partial charge in [0.05, 0.1) is 10.9 Å². The van der Waals surface area contributed by atoms with Gasteiger partial charge < -0.3 is 9.73 Å². The minimum absolute atomic E-state index is 0.178. The summed E-state index contributed by atoms with van der Waals surface area (Å²) in [6.07, 6.45) is 2.54. The van der Waals surface area contributed by atoms with Gasteiger partial charge in [0.1, 0.15) is 5.65 Å². The summed E-state index contributed by atoms with van der Waals surface area (Å²) >= 11 is 0. The molecule has 0 aliphatic rings. The number of hydrogen-bond acceptors (Lipinski definition) is 7. The molecule has 28 heavy (non-hydrogen) atoms. The Bertz CT molecular complexity index is 1320. The lowest BCUT2D eigenvalue weighted by atomic mass is 10.1. The first-order valence-electron chi connectivity index (χ1n) is 8.19. The number of benzene rings is 1. The Hall–Kier alpha value is -4.08. The number of rotatable bonds is 3. The second-order valence-corrected chi connectivity index (χ2v) is 6.08. The number of carbonyl (C=O) groups is 1. The molecule has 10 nitrogen and oxygen atoms in total. The van der Waals surface area contributed by atoms with Gasteiger partial charge in [-0.2, -0.15) is 0 Å². The molecule has 0 spiro atoms. The highest BCUT2D eigenvalue weighted by atomic mass is 16.4. The number of nitrogens with zero attached hydrogens (tertiary/aromatic N) is 5. The van der Waals surface area contributed by atoms with Gasteiger partial charge in [-0.15, -0.1) is 10.2 Å². The Morgan fingerprint density at radius 3 is 2.71 bits per heavy atom. The van der Waals surface area contributed by atoms with Crippen molar-refractivity contribution in [2.24, 2.45) is 14.1 Å². The average molecular weight is 378 g/mol. The van der Waals surface area contributed by atoms with E-state index >= 15 is 0 Å². The summed E-state index contributed by atoms with van der Waals surface area (Å²) in [6, 6.07) is 8.31. The normalized spacial score (nSPS) is 10.9. The zero-order valence-corrected chi connectivity index (χ0v) is 14.9. The summed E-state index contributed by atoms with van der Waals surface area (Å²) in [5, 5.41) is 10.4. The highest BCUT2D eigenvalue weighted by molar-refractivity contribution is 6.05. The standard InChI is InChI=1S/C18H14N6O4/c1-23-14-13(17(26)24(2)18(23)27)7-11(8-19-14)15(25)21-12-5-3-4-10(6-12)16-22-20-9-28-16/h3-9H,1-2H3,(H,21,25). The Balaban J connectivity index is 1.69. The second-order valence-electron chi connectivity index (χ2n) is 6.08. The van der Waals surface area contributed by atoms with Gasteiger partial charge in [0.2, 0.25) is 12.3 Å². The Morgan fingerprint density at radius 2 is 1.96 bits per heavy atom. The Kier molecular flexibility index (Phi) is 4.07. The quantitative estimate of drug-likeness (QED) is 0.562. The highest BCUT2D eigenvalue weighted by Crippen LogP contribution is 2.21. The van der Waals surface area contributed by atoms with Crippen LogP contribution in [0.2, 0.25) is 0 Å². The first kappa shape index (κ1) is 17.3. The number of aromatic nitrogens is 5. The number of fused-ring (bicyclic) bond motifs is 1. The van der Waals surface area contributed by atoms with Crippen LogP contribution < -0.4 is 16.6 Å². The number of nitrogens with one attached hydrogen (secondary N) is 1. The number of hydrogen-bond donors (Lipinski definition) is 1. The van der Waals surface area contributed by atoms with Crippen molar-refractivity contribution in [2.75, 3.05) is 5.32 Å². The molecular weight excluding hydrogens is 364 g/mol. The predicted molar refractivity (Wildman–Crippen MR) is 99.9 cm³/mol. The van der Waals surface area contributed by atoms with Crippen molar-refractivity contribution in [3.8, 4) is 11.5 Å². The molecule has 1 N–H and O–H groups in total. The molecule has 3 heterocycles. The third-order valence-corrected chi connectivity index (χ3v) is 4.28. The van der Waals surface area contributed by atoms with E-state index in [1.165, 1.54) is 37.3 Å². The van der Waals surface area contributed by atoms with Crippen LogP contribution in [0, 0.1) is 0 Å². The Morgan fingerprint density at radius 1 is 1.14 bits per heavy atom. The maximum absolute atomic E-state index is 12.6. The van der Waals surface area contributed by atoms with Gasteiger partial charge in [-0.25, -0.2) is 9.78 Å². The SMILES string of the molecule is Cn1c(=O)c2cc(C(=O)Nc3cccc(-c4nnco4)c3)cnc2n(C)c1=O. The summed E-state index contributed by atoms with van der Waals surface area (Å²) in [5.41, 5.74) is 0.554. The van der Waals surface area contributed by atoms with Gasteiger partial charge in [-0.3, -0.25) is 18.7 Å². The van der Waals surface area contributed by atoms with E-state index in [1.807, 2.05) is 0 Å². The fourth-order valence-electron chi connectivity index (χ4n) is 2.82. The molecule has 0 saturated carbocycles. The molecule has 0 aliphatic heterocycles. The summed E-state index contributed by atoms with van der Waals surface area (Å²) in [4.78, 5) is 41.1. The van der Waals surface area contributed by atoms with Crippen LogP contribution in [0.3, 0.4) is 0 Å². The molecule has 3 aromatic heterocycles. The molecule has 140 valence electrons. The lowest BCUT2D eigenvalue weighted by Gasteiger charge is -2.09. The van der Waals surface area contributed by atoms with Gasteiger partial charge in [0.25, 0.3) is 11.5 Å². The third-order valence-electron chi connectivity index (χ3n) is 4.28. The third kappa shape index (κ3) is 2.86. The van der Waals surface area contributed by atoms with Gasteiger partial charge in [-0.1, -0.05) is 6.07 Å². The van der Waals surface area contributed by atoms with Crippen molar-refractivity contribution in [3.63, 3.8) is 0 Å². The summed E-state index contributed by atoms with van der Waals surface area (Å²) in [6.45, 7) is 0. The molecule has 0 radical (unpaired) electrons. The maximum Gasteiger partial charge on any atom is 0.332 e. The predicted octanol–water partition coefficient (Wildman–Crippen LogP) is 0.934. The van der Waals surface area contributed by atoms with Gasteiger partial charge >= 0.3 is 5.69 Å². The molecule has 4 rings (SSSR count). The van der Waals surface area contributed by atoms with Crippen LogP contribution in [-0.4, -0.2) is 30.2 Å². The first-order chi connectivity index (χ1) is 13.5. The van der Waals surface area contributed by atoms with Crippen LogP contribution in [0.25, 0.3) is 22.5 Å². The van der Waals surface area contributed by atoms with E-state index < -0.39 is 17.2 Å². The Labute approximate surface area is 157 Å². The zero-order valence-electron chi connectivity index (χ0n) is 14.9. The molecular formula is C18H14N6O4. The van der Waals surface area contributed by atoms with Crippen LogP contribution >= 0.6 is 0 Å². The van der Waals surface area contributed by atoms with Crippen molar-refractivity contribution in [1.29, 1.82) is 0 Å². The lowest BCUT2D eigenvalue weighted by Crippen LogP contribution is -2.37. The topological polar surface area (TPSA) is 125 Å². The van der Waals surface area contributed by atoms with Gasteiger partial charge in [0.15, 0.2) is 0 Å². The largest absolute Gasteiger partial charge is 0.423 e. The summed E-state index contributed by atoms with van der Waals surface area (Å²) in [5.74, 6) is -0.124. The number of aryl methyl sites for hydroxylation is 1. The number of pyridine rings is 1. The molecule has 0 bridgehead atoms. The van der Waals surface area contributed by atoms with Crippen LogP contribution in [-0.2, 0) is 14.1 Å². The molecule has 0 unspecified atom stereocenters. The van der Waals surface area contributed by atoms with E-state index in [2.05, 4.69) is 20.5 Å². The van der Waals surface area contributed by atoms with Crippen molar-refractivity contribution in [1.82, 2.24) is 24.3 Å². The smallest absolute Gasteiger partial charge is 0.332 e. The van der Waals surface area contributed by atoms with Crippen LogP contribution in [0.1, 0.15) is 10.4 Å². The molecule has 10 heteroatoms.